The number of halogens is 1. The number of fused-ring (bicyclic) bond motifs is 3. The highest BCUT2D eigenvalue weighted by Crippen LogP contribution is 2.32. The zero-order valence-electron chi connectivity index (χ0n) is 24.1. The van der Waals surface area contributed by atoms with Crippen LogP contribution in [0, 0.1) is 5.82 Å². The van der Waals surface area contributed by atoms with Crippen molar-refractivity contribution < 1.29 is 33.0 Å². The number of furan rings is 1. The fraction of sp³-hybridized carbons (Fsp3) is 0.235. The Kier molecular flexibility index (Phi) is 8.92. The van der Waals surface area contributed by atoms with Crippen molar-refractivity contribution in [2.75, 3.05) is 5.75 Å². The lowest BCUT2D eigenvalue weighted by Crippen LogP contribution is -2.44. The zero-order valence-corrected chi connectivity index (χ0v) is 24.9. The molecule has 0 saturated carbocycles. The number of thioether (sulfide) groups is 1. The van der Waals surface area contributed by atoms with Crippen LogP contribution in [0.1, 0.15) is 31.9 Å². The van der Waals surface area contributed by atoms with Crippen LogP contribution in [-0.2, 0) is 21.9 Å². The van der Waals surface area contributed by atoms with Crippen LogP contribution >= 0.6 is 11.8 Å². The molecule has 1 unspecified atom stereocenters. The molecule has 5 rings (SSSR count). The minimum absolute atomic E-state index is 0.0475. The van der Waals surface area contributed by atoms with E-state index in [1.807, 2.05) is 54.6 Å². The van der Waals surface area contributed by atoms with Crippen molar-refractivity contribution in [1.29, 1.82) is 0 Å². The first-order chi connectivity index (χ1) is 20.6. The number of aliphatic carboxylic acids is 1. The maximum Gasteiger partial charge on any atom is 0.408 e. The molecule has 0 fully saturated rings. The van der Waals surface area contributed by atoms with Gasteiger partial charge in [-0.1, -0.05) is 48.5 Å². The third-order valence-electron chi connectivity index (χ3n) is 6.60. The van der Waals surface area contributed by atoms with Gasteiger partial charge in [-0.2, -0.15) is 11.8 Å². The van der Waals surface area contributed by atoms with Crippen molar-refractivity contribution in [3.8, 4) is 16.9 Å². The van der Waals surface area contributed by atoms with Crippen LogP contribution in [0.25, 0.3) is 33.1 Å². The van der Waals surface area contributed by atoms with Crippen LogP contribution in [-0.4, -0.2) is 34.6 Å². The summed E-state index contributed by atoms with van der Waals surface area (Å²) >= 11 is 1.20. The number of hydrogen-bond acceptors (Lipinski definition) is 6. The molecule has 0 radical (unpaired) electrons. The van der Waals surface area contributed by atoms with Gasteiger partial charge in [-0.25, -0.2) is 14.0 Å². The minimum atomic E-state index is -1.19. The van der Waals surface area contributed by atoms with E-state index in [4.69, 9.17) is 13.9 Å². The second-order valence-corrected chi connectivity index (χ2v) is 12.1. The maximum absolute atomic E-state index is 14.8. The van der Waals surface area contributed by atoms with Gasteiger partial charge in [0.25, 0.3) is 0 Å². The molecule has 0 spiro atoms. The Morgan fingerprint density at radius 3 is 2.47 bits per heavy atom. The monoisotopic (exact) mass is 601 g/mol. The number of carboxylic acid groups (broad SMARTS) is 1. The van der Waals surface area contributed by atoms with E-state index in [1.54, 1.807) is 32.9 Å². The van der Waals surface area contributed by atoms with Gasteiger partial charge < -0.3 is 24.3 Å². The molecule has 0 saturated heterocycles. The lowest BCUT2D eigenvalue weighted by molar-refractivity contribution is -0.138. The third-order valence-corrected chi connectivity index (χ3v) is 7.68. The number of benzene rings is 4. The maximum atomic E-state index is 14.8. The van der Waals surface area contributed by atoms with Crippen molar-refractivity contribution in [2.24, 2.45) is 0 Å². The highest BCUT2D eigenvalue weighted by molar-refractivity contribution is 7.98. The average Bonchev–Trinajstić information content (AvgIpc) is 3.33. The van der Waals surface area contributed by atoms with Gasteiger partial charge in [-0.3, -0.25) is 0 Å². The van der Waals surface area contributed by atoms with Gasteiger partial charge in [0, 0.05) is 28.3 Å². The fourth-order valence-electron chi connectivity index (χ4n) is 4.56. The molecule has 1 aromatic heterocycles. The first kappa shape index (κ1) is 30.0. The summed E-state index contributed by atoms with van der Waals surface area (Å²) < 4.78 is 31.9. The molecule has 2 N–H and O–H groups in total. The summed E-state index contributed by atoms with van der Waals surface area (Å²) in [4.78, 5) is 23.5. The Morgan fingerprint density at radius 1 is 0.930 bits per heavy atom. The summed E-state index contributed by atoms with van der Waals surface area (Å²) in [6.07, 6.45) is -0.814. The largest absolute Gasteiger partial charge is 0.489 e. The topological polar surface area (TPSA) is 98.0 Å². The number of rotatable bonds is 10. The van der Waals surface area contributed by atoms with Gasteiger partial charge in [-0.05, 0) is 73.4 Å². The molecule has 7 nitrogen and oxygen atoms in total. The Morgan fingerprint density at radius 2 is 1.70 bits per heavy atom. The zero-order chi connectivity index (χ0) is 30.6. The molecule has 1 heterocycles. The van der Waals surface area contributed by atoms with E-state index in [0.717, 1.165) is 38.6 Å². The van der Waals surface area contributed by atoms with Gasteiger partial charge in [0.2, 0.25) is 0 Å². The fourth-order valence-corrected chi connectivity index (χ4v) is 5.59. The quantitative estimate of drug-likeness (QED) is 0.167. The van der Waals surface area contributed by atoms with Gasteiger partial charge in [0.1, 0.15) is 41.0 Å². The van der Waals surface area contributed by atoms with Crippen molar-refractivity contribution in [2.45, 2.75) is 44.8 Å². The van der Waals surface area contributed by atoms with Crippen LogP contribution in [0.5, 0.6) is 5.75 Å². The van der Waals surface area contributed by atoms with E-state index in [9.17, 15) is 19.1 Å². The Hall–Kier alpha value is -4.50. The summed E-state index contributed by atoms with van der Waals surface area (Å²) in [5, 5.41) is 13.9. The molecule has 1 amide bonds. The van der Waals surface area contributed by atoms with Gasteiger partial charge in [0.15, 0.2) is 0 Å². The second kappa shape index (κ2) is 12.8. The van der Waals surface area contributed by atoms with E-state index in [2.05, 4.69) is 17.4 Å². The van der Waals surface area contributed by atoms with Crippen LogP contribution < -0.4 is 10.1 Å². The number of nitrogens with one attached hydrogen (secondary N) is 1. The van der Waals surface area contributed by atoms with Crippen molar-refractivity contribution in [1.82, 2.24) is 5.32 Å². The molecule has 222 valence electrons. The molecule has 1 atom stereocenters. The molecule has 0 aliphatic carbocycles. The van der Waals surface area contributed by atoms with E-state index in [0.29, 0.717) is 11.3 Å². The smallest absolute Gasteiger partial charge is 0.408 e. The molecule has 4 aromatic carbocycles. The van der Waals surface area contributed by atoms with E-state index in [-0.39, 0.29) is 18.1 Å². The lowest BCUT2D eigenvalue weighted by atomic mass is 10.0. The normalized spacial score (nSPS) is 12.3. The first-order valence-electron chi connectivity index (χ1n) is 13.8. The minimum Gasteiger partial charge on any atom is -0.489 e. The average molecular weight is 602 g/mol. The molecule has 5 aromatic rings. The third kappa shape index (κ3) is 7.67. The Balaban J connectivity index is 1.17. The van der Waals surface area contributed by atoms with Crippen LogP contribution in [0.15, 0.2) is 89.3 Å². The molecule has 0 aliphatic rings. The molecular weight excluding hydrogens is 569 g/mol. The molecule has 0 aliphatic heterocycles. The summed E-state index contributed by atoms with van der Waals surface area (Å²) in [6, 6.07) is 25.6. The van der Waals surface area contributed by atoms with E-state index in [1.165, 1.54) is 17.8 Å². The standard InChI is InChI=1S/C34H32FNO6S/c1-34(2,3)42-33(39)36-29(32(37)38)20-43-19-24-11-13-25(17-28(24)35)40-18-21-7-6-8-22(15-21)23-12-14-27-26-9-4-5-10-30(26)41-31(27)16-23/h4-17,29H,18-20H2,1-3H3,(H,36,39)(H,37,38). The highest BCUT2D eigenvalue weighted by Gasteiger charge is 2.24. The number of alkyl carbamates (subject to hydrolysis) is 1. The van der Waals surface area contributed by atoms with Crippen molar-refractivity contribution >= 4 is 45.8 Å². The number of carbonyl (C=O) groups excluding carboxylic acids is 1. The van der Waals surface area contributed by atoms with Gasteiger partial charge in [0.05, 0.1) is 0 Å². The molecule has 9 heteroatoms. The van der Waals surface area contributed by atoms with Gasteiger partial charge in [-0.15, -0.1) is 0 Å². The van der Waals surface area contributed by atoms with Crippen LogP contribution in [0.3, 0.4) is 0 Å². The van der Waals surface area contributed by atoms with Crippen LogP contribution in [0.4, 0.5) is 9.18 Å². The van der Waals surface area contributed by atoms with Crippen molar-refractivity contribution in [3.05, 3.63) is 102 Å². The summed E-state index contributed by atoms with van der Waals surface area (Å²) in [7, 11) is 0. The van der Waals surface area contributed by atoms with Gasteiger partial charge >= 0.3 is 12.1 Å². The Bertz CT molecular complexity index is 1780. The molecule has 0 bridgehead atoms. The number of carbonyl (C=O) groups is 2. The molecular formula is C34H32FNO6S. The summed E-state index contributed by atoms with van der Waals surface area (Å²) in [5.41, 5.74) is 4.30. The number of para-hydroxylation sites is 1. The molecule has 43 heavy (non-hydrogen) atoms. The number of ether oxygens (including phenoxy) is 2. The van der Waals surface area contributed by atoms with Crippen LogP contribution in [0.2, 0.25) is 0 Å². The predicted octanol–water partition coefficient (Wildman–Crippen LogP) is 8.18. The summed E-state index contributed by atoms with van der Waals surface area (Å²) in [6.45, 7) is 5.32. The number of amides is 1. The highest BCUT2D eigenvalue weighted by atomic mass is 32.2. The van der Waals surface area contributed by atoms with Crippen molar-refractivity contribution in [3.63, 3.8) is 0 Å². The number of hydrogen-bond donors (Lipinski definition) is 2. The van der Waals surface area contributed by atoms with E-state index >= 15 is 0 Å². The SMILES string of the molecule is CC(C)(C)OC(=O)NC(CSCc1ccc(OCc2cccc(-c3ccc4c(c3)oc3ccccc34)c2)cc1F)C(=O)O. The summed E-state index contributed by atoms with van der Waals surface area (Å²) in [5.74, 6) is -0.989. The predicted molar refractivity (Wildman–Crippen MR) is 167 cm³/mol. The van der Waals surface area contributed by atoms with E-state index < -0.39 is 29.5 Å². The lowest BCUT2D eigenvalue weighted by Gasteiger charge is -2.21. The Labute approximate surface area is 253 Å². The second-order valence-electron chi connectivity index (χ2n) is 11.1. The number of carboxylic acids is 1. The first-order valence-corrected chi connectivity index (χ1v) is 14.9.